The van der Waals surface area contributed by atoms with Gasteiger partial charge in [-0.05, 0) is 84.6 Å². The van der Waals surface area contributed by atoms with Crippen LogP contribution in [-0.2, 0) is 13.1 Å². The van der Waals surface area contributed by atoms with Crippen LogP contribution in [0.4, 0.5) is 0 Å². The molecule has 2 heteroatoms. The van der Waals surface area contributed by atoms with Crippen LogP contribution in [0.1, 0.15) is 50.7 Å². The zero-order valence-corrected chi connectivity index (χ0v) is 22.2. The number of hydrogen-bond donors (Lipinski definition) is 0. The van der Waals surface area contributed by atoms with Crippen LogP contribution in [0.15, 0.2) is 72.8 Å². The van der Waals surface area contributed by atoms with Crippen molar-refractivity contribution in [2.75, 3.05) is 0 Å². The highest BCUT2D eigenvalue weighted by Crippen LogP contribution is 2.37. The number of fused-ring (bicyclic) bond motifs is 6. The van der Waals surface area contributed by atoms with Gasteiger partial charge in [-0.25, -0.2) is 0 Å². The first kappa shape index (κ1) is 24.0. The first-order valence-corrected chi connectivity index (χ1v) is 13.7. The van der Waals surface area contributed by atoms with Crippen molar-refractivity contribution in [3.8, 4) is 35.8 Å². The normalized spacial score (nSPS) is 11.5. The summed E-state index contributed by atoms with van der Waals surface area (Å²) in [6, 6.07) is 26.5. The van der Waals surface area contributed by atoms with E-state index in [4.69, 9.17) is 12.8 Å². The Balaban J connectivity index is 1.56. The summed E-state index contributed by atoms with van der Waals surface area (Å²) in [7, 11) is 0. The third-order valence-electron chi connectivity index (χ3n) is 7.87. The Kier molecular flexibility index (Phi) is 6.19. The van der Waals surface area contributed by atoms with E-state index in [-0.39, 0.29) is 0 Å². The molecular formula is C36H32N2. The molecule has 0 bridgehead atoms. The second-order valence-electron chi connectivity index (χ2n) is 10.2. The summed E-state index contributed by atoms with van der Waals surface area (Å²) in [5.74, 6) is 5.64. The van der Waals surface area contributed by atoms with Gasteiger partial charge in [0.05, 0.1) is 0 Å². The molecule has 2 aromatic heterocycles. The highest BCUT2D eigenvalue weighted by molar-refractivity contribution is 6.12. The fraction of sp³-hybridized carbons (Fsp3) is 0.222. The second-order valence-corrected chi connectivity index (χ2v) is 10.2. The summed E-state index contributed by atoms with van der Waals surface area (Å²) >= 11 is 0. The van der Waals surface area contributed by atoms with Crippen molar-refractivity contribution in [2.45, 2.75) is 52.6 Å². The number of terminal acetylenes is 2. The van der Waals surface area contributed by atoms with E-state index in [2.05, 4.69) is 108 Å². The number of hydrogen-bond acceptors (Lipinski definition) is 0. The summed E-state index contributed by atoms with van der Waals surface area (Å²) in [6.07, 6.45) is 16.2. The van der Waals surface area contributed by atoms with Crippen molar-refractivity contribution < 1.29 is 0 Å². The average Bonchev–Trinajstić information content (AvgIpc) is 3.45. The molecule has 0 radical (unpaired) electrons. The molecule has 0 aliphatic carbocycles. The minimum Gasteiger partial charge on any atom is -0.340 e. The predicted molar refractivity (Wildman–Crippen MR) is 164 cm³/mol. The zero-order valence-electron chi connectivity index (χ0n) is 22.2. The Labute approximate surface area is 224 Å². The average molecular weight is 493 g/mol. The van der Waals surface area contributed by atoms with Crippen LogP contribution in [0.25, 0.3) is 54.7 Å². The molecule has 0 saturated heterocycles. The highest BCUT2D eigenvalue weighted by atomic mass is 15.0. The summed E-state index contributed by atoms with van der Waals surface area (Å²) in [4.78, 5) is 0. The van der Waals surface area contributed by atoms with Crippen LogP contribution in [0.3, 0.4) is 0 Å². The number of aromatic nitrogens is 2. The lowest BCUT2D eigenvalue weighted by Gasteiger charge is -2.08. The van der Waals surface area contributed by atoms with E-state index >= 15 is 0 Å². The van der Waals surface area contributed by atoms with Gasteiger partial charge in [-0.1, -0.05) is 50.7 Å². The van der Waals surface area contributed by atoms with Crippen LogP contribution < -0.4 is 0 Å². The number of benzene rings is 4. The third kappa shape index (κ3) is 3.86. The molecule has 4 aromatic carbocycles. The predicted octanol–water partition coefficient (Wildman–Crippen LogP) is 9.13. The Bertz CT molecular complexity index is 1770. The Hall–Kier alpha value is -4.40. The topological polar surface area (TPSA) is 9.86 Å². The number of rotatable bonds is 7. The van der Waals surface area contributed by atoms with E-state index in [0.29, 0.717) is 0 Å². The minimum atomic E-state index is 0.920. The summed E-state index contributed by atoms with van der Waals surface area (Å²) in [5.41, 5.74) is 9.29. The van der Waals surface area contributed by atoms with Gasteiger partial charge in [0.2, 0.25) is 0 Å². The van der Waals surface area contributed by atoms with Crippen molar-refractivity contribution in [3.63, 3.8) is 0 Å². The van der Waals surface area contributed by atoms with Crippen LogP contribution in [-0.4, -0.2) is 9.13 Å². The Morgan fingerprint density at radius 3 is 1.26 bits per heavy atom. The van der Waals surface area contributed by atoms with Gasteiger partial charge < -0.3 is 9.13 Å². The van der Waals surface area contributed by atoms with E-state index in [1.165, 1.54) is 54.7 Å². The maximum absolute atomic E-state index is 5.77. The maximum atomic E-state index is 5.77. The second kappa shape index (κ2) is 9.81. The molecule has 38 heavy (non-hydrogen) atoms. The largest absolute Gasteiger partial charge is 0.340 e. The van der Waals surface area contributed by atoms with E-state index in [9.17, 15) is 0 Å². The van der Waals surface area contributed by atoms with Crippen LogP contribution in [0.5, 0.6) is 0 Å². The molecule has 0 saturated carbocycles. The lowest BCUT2D eigenvalue weighted by atomic mass is 10.00. The van der Waals surface area contributed by atoms with Crippen molar-refractivity contribution in [3.05, 3.63) is 83.9 Å². The van der Waals surface area contributed by atoms with E-state index < -0.39 is 0 Å². The van der Waals surface area contributed by atoms with Gasteiger partial charge in [0.1, 0.15) is 0 Å². The van der Waals surface area contributed by atoms with Gasteiger partial charge in [-0.2, -0.15) is 0 Å². The molecule has 0 aliphatic rings. The lowest BCUT2D eigenvalue weighted by Crippen LogP contribution is -1.97. The maximum Gasteiger partial charge on any atom is 0.0492 e. The number of aryl methyl sites for hydroxylation is 2. The van der Waals surface area contributed by atoms with Crippen LogP contribution in [0, 0.1) is 24.7 Å². The van der Waals surface area contributed by atoms with Gasteiger partial charge in [0.25, 0.3) is 0 Å². The lowest BCUT2D eigenvalue weighted by molar-refractivity contribution is 0.665. The monoisotopic (exact) mass is 492 g/mol. The molecule has 6 rings (SSSR count). The van der Waals surface area contributed by atoms with Crippen molar-refractivity contribution in [1.29, 1.82) is 0 Å². The molecule has 0 fully saturated rings. The van der Waals surface area contributed by atoms with Crippen molar-refractivity contribution >= 4 is 43.6 Å². The van der Waals surface area contributed by atoms with Gasteiger partial charge in [0.15, 0.2) is 0 Å². The Morgan fingerprint density at radius 1 is 0.526 bits per heavy atom. The van der Waals surface area contributed by atoms with Crippen molar-refractivity contribution in [2.24, 2.45) is 0 Å². The molecular weight excluding hydrogens is 460 g/mol. The summed E-state index contributed by atoms with van der Waals surface area (Å²) in [6.45, 7) is 6.49. The summed E-state index contributed by atoms with van der Waals surface area (Å²) in [5, 5.41) is 4.96. The van der Waals surface area contributed by atoms with Gasteiger partial charge in [-0.15, -0.1) is 12.8 Å². The summed E-state index contributed by atoms with van der Waals surface area (Å²) < 4.78 is 4.90. The zero-order chi connectivity index (χ0) is 26.2. The SMILES string of the molecule is C#Cc1ccc2c(c1)c1cc(-c3ccc4c(c3)c3cc(C#C)ccc3n4CCCC)ccc1n2CCCC. The molecule has 0 atom stereocenters. The Morgan fingerprint density at radius 2 is 0.895 bits per heavy atom. The third-order valence-corrected chi connectivity index (χ3v) is 7.87. The first-order chi connectivity index (χ1) is 18.7. The fourth-order valence-electron chi connectivity index (χ4n) is 5.86. The van der Waals surface area contributed by atoms with Crippen LogP contribution >= 0.6 is 0 Å². The standard InChI is InChI=1S/C36H32N2/c1-5-9-19-37-33-15-11-25(7-3)21-29(33)31-23-27(13-17-35(31)37)28-14-18-36-32(24-28)30-22-26(8-4)12-16-34(30)38(36)20-10-6-2/h3-4,11-18,21-24H,5-6,9-10,19-20H2,1-2H3. The quantitative estimate of drug-likeness (QED) is 0.197. The van der Waals surface area contributed by atoms with Gasteiger partial charge in [0, 0.05) is 67.8 Å². The molecule has 186 valence electrons. The molecule has 0 aliphatic heterocycles. The number of unbranched alkanes of at least 4 members (excludes halogenated alkanes) is 2. The van der Waals surface area contributed by atoms with E-state index in [1.54, 1.807) is 0 Å². The molecule has 0 spiro atoms. The molecule has 2 heterocycles. The highest BCUT2D eigenvalue weighted by Gasteiger charge is 2.15. The number of nitrogens with zero attached hydrogens (tertiary/aromatic N) is 2. The molecule has 2 nitrogen and oxygen atoms in total. The molecule has 0 unspecified atom stereocenters. The van der Waals surface area contributed by atoms with Gasteiger partial charge in [-0.3, -0.25) is 0 Å². The van der Waals surface area contributed by atoms with Gasteiger partial charge >= 0.3 is 0 Å². The first-order valence-electron chi connectivity index (χ1n) is 13.7. The van der Waals surface area contributed by atoms with Crippen LogP contribution in [0.2, 0.25) is 0 Å². The molecule has 6 aromatic rings. The van der Waals surface area contributed by atoms with Crippen molar-refractivity contribution in [1.82, 2.24) is 9.13 Å². The van der Waals surface area contributed by atoms with E-state index in [0.717, 1.165) is 49.9 Å². The fourth-order valence-corrected chi connectivity index (χ4v) is 5.86. The molecule has 0 N–H and O–H groups in total. The van der Waals surface area contributed by atoms with E-state index in [1.807, 2.05) is 0 Å². The minimum absolute atomic E-state index is 0.920. The smallest absolute Gasteiger partial charge is 0.0492 e. The molecule has 0 amide bonds.